The van der Waals surface area contributed by atoms with Gasteiger partial charge in [-0.05, 0) is 42.5 Å². The second-order valence-corrected chi connectivity index (χ2v) is 4.38. The molecule has 0 atom stereocenters. The van der Waals surface area contributed by atoms with Gasteiger partial charge in [-0.3, -0.25) is 4.79 Å². The summed E-state index contributed by atoms with van der Waals surface area (Å²) in [6.07, 6.45) is 0.598. The van der Waals surface area contributed by atoms with Crippen LogP contribution in [0.2, 0.25) is 0 Å². The minimum Gasteiger partial charge on any atom is -0.457 e. The van der Waals surface area contributed by atoms with Gasteiger partial charge in [0.2, 0.25) is 0 Å². The number of furan rings is 1. The molecule has 3 rings (SSSR count). The third-order valence-corrected chi connectivity index (χ3v) is 2.92. The molecule has 0 aliphatic carbocycles. The van der Waals surface area contributed by atoms with E-state index in [0.717, 1.165) is 0 Å². The Labute approximate surface area is 120 Å². The van der Waals surface area contributed by atoms with E-state index >= 15 is 0 Å². The summed E-state index contributed by atoms with van der Waals surface area (Å²) >= 11 is 0. The summed E-state index contributed by atoms with van der Waals surface area (Å²) in [4.78, 5) is 10.7. The zero-order valence-corrected chi connectivity index (χ0v) is 11.0. The molecule has 4 heteroatoms. The van der Waals surface area contributed by atoms with E-state index in [-0.39, 0.29) is 5.76 Å². The molecule has 3 aromatic rings. The monoisotopic (exact) mass is 282 g/mol. The molecule has 0 unspecified atom stereocenters. The van der Waals surface area contributed by atoms with Gasteiger partial charge in [0.25, 0.3) is 0 Å². The molecule has 1 aromatic heterocycles. The molecule has 0 fully saturated rings. The number of aldehydes is 1. The lowest BCUT2D eigenvalue weighted by atomic mass is 10.1. The molecule has 1 heterocycles. The SMILES string of the molecule is O=Cc1ccc(-c2cc(F)ccc2Oc2ccccc2)o1. The summed E-state index contributed by atoms with van der Waals surface area (Å²) in [5.41, 5.74) is 0.451. The predicted octanol–water partition coefficient (Wildman–Crippen LogP) is 4.69. The van der Waals surface area contributed by atoms with Gasteiger partial charge in [-0.2, -0.15) is 0 Å². The van der Waals surface area contributed by atoms with E-state index in [1.54, 1.807) is 18.2 Å². The molecule has 3 nitrogen and oxygen atoms in total. The number of benzene rings is 2. The first-order chi connectivity index (χ1) is 10.3. The van der Waals surface area contributed by atoms with Crippen LogP contribution in [-0.4, -0.2) is 6.29 Å². The standard InChI is InChI=1S/C17H11FO3/c18-12-6-8-16(20-13-4-2-1-3-5-13)15(10-12)17-9-7-14(11-19)21-17/h1-11H. The van der Waals surface area contributed by atoms with Crippen molar-refractivity contribution in [2.75, 3.05) is 0 Å². The minimum atomic E-state index is -0.408. The van der Waals surface area contributed by atoms with Crippen LogP contribution >= 0.6 is 0 Å². The molecular formula is C17H11FO3. The van der Waals surface area contributed by atoms with E-state index in [2.05, 4.69) is 0 Å². The predicted molar refractivity (Wildman–Crippen MR) is 76.0 cm³/mol. The molecule has 104 valence electrons. The zero-order valence-electron chi connectivity index (χ0n) is 11.0. The molecule has 0 radical (unpaired) electrons. The smallest absolute Gasteiger partial charge is 0.185 e. The third kappa shape index (κ3) is 2.84. The first kappa shape index (κ1) is 13.1. The van der Waals surface area contributed by atoms with E-state index in [0.29, 0.717) is 29.1 Å². The summed E-state index contributed by atoms with van der Waals surface area (Å²) in [6.45, 7) is 0. The first-order valence-electron chi connectivity index (χ1n) is 6.34. The Bertz CT molecular complexity index is 763. The van der Waals surface area contributed by atoms with Gasteiger partial charge in [0, 0.05) is 0 Å². The number of ether oxygens (including phenoxy) is 1. The Hall–Kier alpha value is -2.88. The van der Waals surface area contributed by atoms with Gasteiger partial charge in [0.05, 0.1) is 5.56 Å². The average Bonchev–Trinajstić information content (AvgIpc) is 2.99. The summed E-state index contributed by atoms with van der Waals surface area (Å²) in [5.74, 6) is 1.24. The Balaban J connectivity index is 2.02. The molecule has 0 saturated heterocycles. The molecule has 0 aliphatic heterocycles. The summed E-state index contributed by atoms with van der Waals surface area (Å²) in [6, 6.07) is 16.4. The van der Waals surface area contributed by atoms with Gasteiger partial charge in [-0.15, -0.1) is 0 Å². The highest BCUT2D eigenvalue weighted by atomic mass is 19.1. The van der Waals surface area contributed by atoms with Crippen LogP contribution in [0.3, 0.4) is 0 Å². The van der Waals surface area contributed by atoms with E-state index < -0.39 is 5.82 Å². The zero-order chi connectivity index (χ0) is 14.7. The quantitative estimate of drug-likeness (QED) is 0.652. The normalized spacial score (nSPS) is 10.3. The fourth-order valence-electron chi connectivity index (χ4n) is 1.96. The maximum Gasteiger partial charge on any atom is 0.185 e. The number of para-hydroxylation sites is 1. The summed E-state index contributed by atoms with van der Waals surface area (Å²) in [5, 5.41) is 0. The van der Waals surface area contributed by atoms with Gasteiger partial charge in [-0.1, -0.05) is 18.2 Å². The van der Waals surface area contributed by atoms with Crippen LogP contribution in [0.1, 0.15) is 10.6 Å². The Morgan fingerprint density at radius 2 is 1.81 bits per heavy atom. The van der Waals surface area contributed by atoms with Crippen LogP contribution < -0.4 is 4.74 Å². The van der Waals surface area contributed by atoms with Crippen molar-refractivity contribution in [2.24, 2.45) is 0 Å². The van der Waals surface area contributed by atoms with Crippen LogP contribution in [0, 0.1) is 5.82 Å². The number of rotatable bonds is 4. The molecule has 0 saturated carbocycles. The van der Waals surface area contributed by atoms with Gasteiger partial charge >= 0.3 is 0 Å². The molecule has 0 spiro atoms. The van der Waals surface area contributed by atoms with Crippen LogP contribution in [-0.2, 0) is 0 Å². The number of hydrogen-bond acceptors (Lipinski definition) is 3. The Kier molecular flexibility index (Phi) is 3.51. The van der Waals surface area contributed by atoms with Crippen molar-refractivity contribution in [3.8, 4) is 22.8 Å². The van der Waals surface area contributed by atoms with Crippen molar-refractivity contribution in [3.63, 3.8) is 0 Å². The van der Waals surface area contributed by atoms with E-state index in [9.17, 15) is 9.18 Å². The maximum absolute atomic E-state index is 13.5. The molecule has 21 heavy (non-hydrogen) atoms. The number of carbonyl (C=O) groups is 1. The van der Waals surface area contributed by atoms with Gasteiger partial charge in [0.15, 0.2) is 12.0 Å². The summed E-state index contributed by atoms with van der Waals surface area (Å²) in [7, 11) is 0. The molecule has 2 aromatic carbocycles. The second kappa shape index (κ2) is 5.63. The molecule has 0 N–H and O–H groups in total. The lowest BCUT2D eigenvalue weighted by molar-refractivity contribution is 0.110. The van der Waals surface area contributed by atoms with Crippen LogP contribution in [0.15, 0.2) is 65.1 Å². The second-order valence-electron chi connectivity index (χ2n) is 4.38. The number of hydrogen-bond donors (Lipinski definition) is 0. The number of carbonyl (C=O) groups excluding carboxylic acids is 1. The van der Waals surface area contributed by atoms with E-state index in [1.807, 2.05) is 18.2 Å². The fraction of sp³-hybridized carbons (Fsp3) is 0. The van der Waals surface area contributed by atoms with Crippen molar-refractivity contribution in [3.05, 3.63) is 72.2 Å². The van der Waals surface area contributed by atoms with E-state index in [1.165, 1.54) is 24.3 Å². The lowest BCUT2D eigenvalue weighted by Crippen LogP contribution is -1.88. The largest absolute Gasteiger partial charge is 0.457 e. The molecular weight excluding hydrogens is 271 g/mol. The molecule has 0 bridgehead atoms. The first-order valence-corrected chi connectivity index (χ1v) is 6.34. The van der Waals surface area contributed by atoms with Crippen molar-refractivity contribution in [1.82, 2.24) is 0 Å². The lowest BCUT2D eigenvalue weighted by Gasteiger charge is -2.09. The van der Waals surface area contributed by atoms with Crippen molar-refractivity contribution >= 4 is 6.29 Å². The van der Waals surface area contributed by atoms with Crippen molar-refractivity contribution < 1.29 is 18.3 Å². The van der Waals surface area contributed by atoms with Crippen LogP contribution in [0.4, 0.5) is 4.39 Å². The van der Waals surface area contributed by atoms with Crippen LogP contribution in [0.5, 0.6) is 11.5 Å². The van der Waals surface area contributed by atoms with Gasteiger partial charge in [0.1, 0.15) is 23.1 Å². The highest BCUT2D eigenvalue weighted by molar-refractivity contribution is 5.74. The van der Waals surface area contributed by atoms with Crippen molar-refractivity contribution in [1.29, 1.82) is 0 Å². The summed E-state index contributed by atoms with van der Waals surface area (Å²) < 4.78 is 24.6. The minimum absolute atomic E-state index is 0.180. The Morgan fingerprint density at radius 1 is 1.00 bits per heavy atom. The molecule has 0 aliphatic rings. The highest BCUT2D eigenvalue weighted by Gasteiger charge is 2.13. The van der Waals surface area contributed by atoms with Gasteiger partial charge in [-0.25, -0.2) is 4.39 Å². The van der Waals surface area contributed by atoms with Gasteiger partial charge < -0.3 is 9.15 Å². The van der Waals surface area contributed by atoms with Crippen LogP contribution in [0.25, 0.3) is 11.3 Å². The fourth-order valence-corrected chi connectivity index (χ4v) is 1.96. The Morgan fingerprint density at radius 3 is 2.52 bits per heavy atom. The van der Waals surface area contributed by atoms with E-state index in [4.69, 9.17) is 9.15 Å². The maximum atomic E-state index is 13.5. The van der Waals surface area contributed by atoms with Crippen molar-refractivity contribution in [2.45, 2.75) is 0 Å². The third-order valence-electron chi connectivity index (χ3n) is 2.92. The average molecular weight is 282 g/mol. The number of halogens is 1. The molecule has 0 amide bonds. The topological polar surface area (TPSA) is 39.4 Å². The highest BCUT2D eigenvalue weighted by Crippen LogP contribution is 2.34.